The zero-order valence-corrected chi connectivity index (χ0v) is 11.4. The number of hydrogen-bond acceptors (Lipinski definition) is 3. The number of halogens is 1. The molecule has 1 atom stereocenters. The number of nitrogens with two attached hydrogens (primary N) is 1. The molecular formula is C14H18FN3O2. The molecule has 3 N–H and O–H groups in total. The molecule has 0 aliphatic carbocycles. The highest BCUT2D eigenvalue weighted by Gasteiger charge is 2.22. The summed E-state index contributed by atoms with van der Waals surface area (Å²) in [7, 11) is 0. The van der Waals surface area contributed by atoms with Gasteiger partial charge in [-0.25, -0.2) is 4.39 Å². The molecule has 108 valence electrons. The Morgan fingerprint density at radius 3 is 2.90 bits per heavy atom. The minimum Gasteiger partial charge on any atom is -0.398 e. The van der Waals surface area contributed by atoms with Crippen LogP contribution in [0.3, 0.4) is 0 Å². The lowest BCUT2D eigenvalue weighted by Crippen LogP contribution is -2.42. The van der Waals surface area contributed by atoms with Crippen molar-refractivity contribution in [3.05, 3.63) is 29.6 Å². The number of nitrogens with one attached hydrogen (secondary N) is 1. The largest absolute Gasteiger partial charge is 0.398 e. The molecule has 1 fully saturated rings. The summed E-state index contributed by atoms with van der Waals surface area (Å²) < 4.78 is 12.9. The van der Waals surface area contributed by atoms with Crippen molar-refractivity contribution in [1.82, 2.24) is 10.2 Å². The molecule has 0 aromatic heterocycles. The van der Waals surface area contributed by atoms with Gasteiger partial charge in [-0.3, -0.25) is 9.59 Å². The van der Waals surface area contributed by atoms with Crippen molar-refractivity contribution in [3.63, 3.8) is 0 Å². The zero-order valence-electron chi connectivity index (χ0n) is 11.4. The number of carbonyl (C=O) groups excluding carboxylic acids is 2. The first-order valence-corrected chi connectivity index (χ1v) is 6.61. The van der Waals surface area contributed by atoms with E-state index in [1.54, 1.807) is 4.90 Å². The molecule has 2 amide bonds. The first-order chi connectivity index (χ1) is 9.47. The first kappa shape index (κ1) is 14.3. The lowest BCUT2D eigenvalue weighted by atomic mass is 10.1. The predicted molar refractivity (Wildman–Crippen MR) is 73.6 cm³/mol. The fourth-order valence-corrected chi connectivity index (χ4v) is 2.32. The Balaban J connectivity index is 1.95. The summed E-state index contributed by atoms with van der Waals surface area (Å²) in [5, 5.41) is 2.77. The Morgan fingerprint density at radius 1 is 1.55 bits per heavy atom. The van der Waals surface area contributed by atoms with Gasteiger partial charge in [0.2, 0.25) is 5.91 Å². The summed E-state index contributed by atoms with van der Waals surface area (Å²) in [4.78, 5) is 25.3. The fraction of sp³-hybridized carbons (Fsp3) is 0.429. The second-order valence-corrected chi connectivity index (χ2v) is 5.05. The van der Waals surface area contributed by atoms with Crippen LogP contribution in [0.25, 0.3) is 0 Å². The van der Waals surface area contributed by atoms with E-state index < -0.39 is 5.82 Å². The van der Waals surface area contributed by atoms with Gasteiger partial charge in [0.05, 0.1) is 5.56 Å². The third-order valence-electron chi connectivity index (χ3n) is 3.30. The SMILES string of the molecule is CC(CN1CCCC1=O)NC(=O)c1ccc(F)cc1N. The number of carbonyl (C=O) groups is 2. The van der Waals surface area contributed by atoms with E-state index in [2.05, 4.69) is 5.32 Å². The fourth-order valence-electron chi connectivity index (χ4n) is 2.32. The standard InChI is InChI=1S/C14H18FN3O2/c1-9(8-18-6-2-3-13(18)19)17-14(20)11-5-4-10(15)7-12(11)16/h4-5,7,9H,2-3,6,8,16H2,1H3,(H,17,20). The smallest absolute Gasteiger partial charge is 0.253 e. The van der Waals surface area contributed by atoms with E-state index in [1.807, 2.05) is 6.92 Å². The zero-order chi connectivity index (χ0) is 14.7. The van der Waals surface area contributed by atoms with Crippen molar-refractivity contribution in [2.45, 2.75) is 25.8 Å². The van der Waals surface area contributed by atoms with Crippen LogP contribution in [0.5, 0.6) is 0 Å². The van der Waals surface area contributed by atoms with E-state index in [0.29, 0.717) is 13.0 Å². The quantitative estimate of drug-likeness (QED) is 0.812. The highest BCUT2D eigenvalue weighted by molar-refractivity contribution is 5.99. The third-order valence-corrected chi connectivity index (χ3v) is 3.30. The van der Waals surface area contributed by atoms with Crippen LogP contribution in [0.2, 0.25) is 0 Å². The van der Waals surface area contributed by atoms with E-state index >= 15 is 0 Å². The molecule has 0 radical (unpaired) electrons. The van der Waals surface area contributed by atoms with Gasteiger partial charge in [0, 0.05) is 31.2 Å². The van der Waals surface area contributed by atoms with Gasteiger partial charge in [-0.15, -0.1) is 0 Å². The van der Waals surface area contributed by atoms with Crippen LogP contribution < -0.4 is 11.1 Å². The van der Waals surface area contributed by atoms with Gasteiger partial charge in [-0.05, 0) is 31.5 Å². The molecule has 1 heterocycles. The summed E-state index contributed by atoms with van der Waals surface area (Å²) >= 11 is 0. The lowest BCUT2D eigenvalue weighted by molar-refractivity contribution is -0.127. The molecule has 0 saturated carbocycles. The van der Waals surface area contributed by atoms with E-state index in [-0.39, 0.29) is 29.1 Å². The molecule has 1 saturated heterocycles. The minimum absolute atomic E-state index is 0.104. The van der Waals surface area contributed by atoms with E-state index in [9.17, 15) is 14.0 Å². The van der Waals surface area contributed by atoms with E-state index in [1.165, 1.54) is 12.1 Å². The summed E-state index contributed by atoms with van der Waals surface area (Å²) in [6.07, 6.45) is 1.44. The molecule has 20 heavy (non-hydrogen) atoms. The molecule has 1 unspecified atom stereocenters. The van der Waals surface area contributed by atoms with Crippen LogP contribution in [0.1, 0.15) is 30.1 Å². The number of nitrogens with zero attached hydrogens (tertiary/aromatic N) is 1. The Bertz CT molecular complexity index is 533. The van der Waals surface area contributed by atoms with Crippen molar-refractivity contribution < 1.29 is 14.0 Å². The van der Waals surface area contributed by atoms with Crippen molar-refractivity contribution >= 4 is 17.5 Å². The maximum atomic E-state index is 12.9. The van der Waals surface area contributed by atoms with Crippen LogP contribution in [0.15, 0.2) is 18.2 Å². The van der Waals surface area contributed by atoms with E-state index in [4.69, 9.17) is 5.73 Å². The second kappa shape index (κ2) is 5.90. The van der Waals surface area contributed by atoms with Crippen molar-refractivity contribution in [2.75, 3.05) is 18.8 Å². The monoisotopic (exact) mass is 279 g/mol. The Labute approximate surface area is 116 Å². The molecular weight excluding hydrogens is 261 g/mol. The number of anilines is 1. The van der Waals surface area contributed by atoms with Crippen molar-refractivity contribution in [2.24, 2.45) is 0 Å². The Morgan fingerprint density at radius 2 is 2.30 bits per heavy atom. The van der Waals surface area contributed by atoms with Gasteiger partial charge in [0.15, 0.2) is 0 Å². The van der Waals surface area contributed by atoms with Gasteiger partial charge >= 0.3 is 0 Å². The van der Waals surface area contributed by atoms with Gasteiger partial charge in [-0.1, -0.05) is 0 Å². The highest BCUT2D eigenvalue weighted by Crippen LogP contribution is 2.14. The molecule has 1 aliphatic rings. The van der Waals surface area contributed by atoms with Gasteiger partial charge in [0.1, 0.15) is 5.82 Å². The predicted octanol–water partition coefficient (Wildman–Crippen LogP) is 1.15. The average molecular weight is 279 g/mol. The molecule has 1 aliphatic heterocycles. The number of likely N-dealkylation sites (tertiary alicyclic amines) is 1. The highest BCUT2D eigenvalue weighted by atomic mass is 19.1. The number of benzene rings is 1. The number of nitrogen functional groups attached to an aromatic ring is 1. The third kappa shape index (κ3) is 3.26. The molecule has 0 bridgehead atoms. The number of hydrogen-bond donors (Lipinski definition) is 2. The maximum Gasteiger partial charge on any atom is 0.253 e. The number of rotatable bonds is 4. The first-order valence-electron chi connectivity index (χ1n) is 6.61. The lowest BCUT2D eigenvalue weighted by Gasteiger charge is -2.21. The van der Waals surface area contributed by atoms with Gasteiger partial charge < -0.3 is 16.0 Å². The van der Waals surface area contributed by atoms with Crippen molar-refractivity contribution in [1.29, 1.82) is 0 Å². The second-order valence-electron chi connectivity index (χ2n) is 5.05. The van der Waals surface area contributed by atoms with Gasteiger partial charge in [0.25, 0.3) is 5.91 Å². The van der Waals surface area contributed by atoms with E-state index in [0.717, 1.165) is 19.0 Å². The van der Waals surface area contributed by atoms with Crippen LogP contribution in [0, 0.1) is 5.82 Å². The molecule has 6 heteroatoms. The minimum atomic E-state index is -0.477. The summed E-state index contributed by atoms with van der Waals surface area (Å²) in [6, 6.07) is 3.48. The van der Waals surface area contributed by atoms with Crippen molar-refractivity contribution in [3.8, 4) is 0 Å². The Hall–Kier alpha value is -2.11. The Kier molecular flexibility index (Phi) is 4.22. The summed E-state index contributed by atoms with van der Waals surface area (Å²) in [6.45, 7) is 3.03. The molecule has 5 nitrogen and oxygen atoms in total. The number of amides is 2. The molecule has 1 aromatic carbocycles. The molecule has 2 rings (SSSR count). The van der Waals surface area contributed by atoms with Crippen LogP contribution in [-0.2, 0) is 4.79 Å². The molecule has 0 spiro atoms. The van der Waals surface area contributed by atoms with Crippen LogP contribution >= 0.6 is 0 Å². The van der Waals surface area contributed by atoms with Gasteiger partial charge in [-0.2, -0.15) is 0 Å². The average Bonchev–Trinajstić information content (AvgIpc) is 2.74. The summed E-state index contributed by atoms with van der Waals surface area (Å²) in [5.74, 6) is -0.719. The normalized spacial score (nSPS) is 16.3. The van der Waals surface area contributed by atoms with Crippen LogP contribution in [0.4, 0.5) is 10.1 Å². The maximum absolute atomic E-state index is 12.9. The molecule has 1 aromatic rings. The van der Waals surface area contributed by atoms with Crippen LogP contribution in [-0.4, -0.2) is 35.8 Å². The topological polar surface area (TPSA) is 75.4 Å². The summed E-state index contributed by atoms with van der Waals surface area (Å²) in [5.41, 5.74) is 5.96.